The second-order valence-corrected chi connectivity index (χ2v) is 7.01. The van der Waals surface area contributed by atoms with Gasteiger partial charge in [0.2, 0.25) is 11.7 Å². The number of alkyl halides is 2. The van der Waals surface area contributed by atoms with Crippen LogP contribution in [0.2, 0.25) is 0 Å². The summed E-state index contributed by atoms with van der Waals surface area (Å²) >= 11 is 0. The monoisotopic (exact) mass is 417 g/mol. The minimum Gasteiger partial charge on any atom is -0.337 e. The Bertz CT molecular complexity index is 1140. The number of halogens is 3. The molecule has 0 amide bonds. The summed E-state index contributed by atoms with van der Waals surface area (Å²) in [5.74, 6) is -2.16. The van der Waals surface area contributed by atoms with Gasteiger partial charge in [0.25, 0.3) is 5.92 Å². The molecule has 6 nitrogen and oxygen atoms in total. The van der Waals surface area contributed by atoms with Gasteiger partial charge in [-0.1, -0.05) is 35.5 Å². The van der Waals surface area contributed by atoms with Crippen LogP contribution in [0.3, 0.4) is 0 Å². The Balaban J connectivity index is 0.00000205. The van der Waals surface area contributed by atoms with E-state index >= 15 is 0 Å². The average Bonchev–Trinajstić information content (AvgIpc) is 3.41. The van der Waals surface area contributed by atoms with Gasteiger partial charge in [-0.15, -0.1) is 12.4 Å². The zero-order chi connectivity index (χ0) is 19.1. The molecule has 2 aromatic heterocycles. The molecule has 0 aliphatic carbocycles. The highest BCUT2D eigenvalue weighted by molar-refractivity contribution is 5.85. The van der Waals surface area contributed by atoms with Crippen LogP contribution in [0.15, 0.2) is 59.4 Å². The van der Waals surface area contributed by atoms with Crippen LogP contribution in [-0.4, -0.2) is 32.2 Å². The van der Waals surface area contributed by atoms with Crippen molar-refractivity contribution in [3.05, 3.63) is 66.3 Å². The summed E-state index contributed by atoms with van der Waals surface area (Å²) < 4.78 is 34.1. The first kappa shape index (κ1) is 19.5. The lowest BCUT2D eigenvalue weighted by Crippen LogP contribution is -2.19. The molecule has 3 heterocycles. The van der Waals surface area contributed by atoms with Gasteiger partial charge in [0.05, 0.1) is 29.9 Å². The summed E-state index contributed by atoms with van der Waals surface area (Å²) in [7, 11) is 0. The third-order valence-electron chi connectivity index (χ3n) is 4.92. The van der Waals surface area contributed by atoms with E-state index in [-0.39, 0.29) is 31.3 Å². The van der Waals surface area contributed by atoms with E-state index in [0.717, 1.165) is 22.2 Å². The third kappa shape index (κ3) is 3.86. The van der Waals surface area contributed by atoms with Crippen LogP contribution in [0.5, 0.6) is 0 Å². The van der Waals surface area contributed by atoms with E-state index in [2.05, 4.69) is 25.0 Å². The molecule has 1 aliphatic heterocycles. The molecule has 1 aliphatic rings. The van der Waals surface area contributed by atoms with Crippen molar-refractivity contribution in [3.63, 3.8) is 0 Å². The van der Waals surface area contributed by atoms with E-state index in [0.29, 0.717) is 12.4 Å². The van der Waals surface area contributed by atoms with Crippen LogP contribution in [0.1, 0.15) is 23.9 Å². The van der Waals surface area contributed by atoms with Crippen molar-refractivity contribution >= 4 is 23.4 Å². The van der Waals surface area contributed by atoms with E-state index < -0.39 is 12.0 Å². The normalized spacial score (nSPS) is 18.1. The number of rotatable bonds is 4. The Morgan fingerprint density at radius 3 is 2.86 bits per heavy atom. The molecular formula is C20H18ClF2N5O. The van der Waals surface area contributed by atoms with Gasteiger partial charge in [0, 0.05) is 18.5 Å². The first-order chi connectivity index (χ1) is 13.6. The Morgan fingerprint density at radius 1 is 1.17 bits per heavy atom. The molecule has 0 spiro atoms. The predicted molar refractivity (Wildman–Crippen MR) is 106 cm³/mol. The van der Waals surface area contributed by atoms with Crippen LogP contribution in [0.25, 0.3) is 22.4 Å². The van der Waals surface area contributed by atoms with Gasteiger partial charge in [-0.2, -0.15) is 4.98 Å². The molecule has 0 bridgehead atoms. The maximum absolute atomic E-state index is 13.4. The summed E-state index contributed by atoms with van der Waals surface area (Å²) in [6.45, 7) is 0.277. The fourth-order valence-corrected chi connectivity index (χ4v) is 3.53. The number of benzene rings is 2. The molecule has 29 heavy (non-hydrogen) atoms. The summed E-state index contributed by atoms with van der Waals surface area (Å²) in [6.07, 6.45) is 1.48. The minimum atomic E-state index is -2.74. The number of nitrogens with one attached hydrogen (secondary N) is 1. The van der Waals surface area contributed by atoms with Crippen LogP contribution >= 0.6 is 12.4 Å². The quantitative estimate of drug-likeness (QED) is 0.538. The summed E-state index contributed by atoms with van der Waals surface area (Å²) in [4.78, 5) is 8.73. The van der Waals surface area contributed by atoms with Crippen molar-refractivity contribution in [2.45, 2.75) is 24.9 Å². The van der Waals surface area contributed by atoms with Gasteiger partial charge < -0.3 is 9.09 Å². The maximum atomic E-state index is 13.4. The van der Waals surface area contributed by atoms with Crippen LogP contribution in [-0.2, 0) is 6.54 Å². The Hall–Kier alpha value is -2.84. The van der Waals surface area contributed by atoms with Crippen molar-refractivity contribution < 1.29 is 13.3 Å². The van der Waals surface area contributed by atoms with Crippen LogP contribution < -0.4 is 5.32 Å². The third-order valence-corrected chi connectivity index (χ3v) is 4.92. The van der Waals surface area contributed by atoms with E-state index in [1.54, 1.807) is 0 Å². The maximum Gasteiger partial charge on any atom is 0.262 e. The largest absolute Gasteiger partial charge is 0.337 e. The smallest absolute Gasteiger partial charge is 0.262 e. The van der Waals surface area contributed by atoms with Crippen molar-refractivity contribution in [1.29, 1.82) is 0 Å². The molecule has 5 rings (SSSR count). The van der Waals surface area contributed by atoms with E-state index in [1.165, 1.54) is 0 Å². The lowest BCUT2D eigenvalue weighted by Gasteiger charge is -2.06. The predicted octanol–water partition coefficient (Wildman–Crippen LogP) is 4.23. The second kappa shape index (κ2) is 7.53. The molecule has 1 unspecified atom stereocenters. The zero-order valence-corrected chi connectivity index (χ0v) is 16.1. The van der Waals surface area contributed by atoms with Crippen molar-refractivity contribution in [3.8, 4) is 11.4 Å². The summed E-state index contributed by atoms with van der Waals surface area (Å²) in [5.41, 5.74) is 3.84. The summed E-state index contributed by atoms with van der Waals surface area (Å²) in [5, 5.41) is 6.71. The first-order valence-electron chi connectivity index (χ1n) is 9.01. The number of para-hydroxylation sites is 2. The molecule has 4 aromatic rings. The molecule has 2 aromatic carbocycles. The van der Waals surface area contributed by atoms with Crippen molar-refractivity contribution in [2.24, 2.45) is 0 Å². The lowest BCUT2D eigenvalue weighted by molar-refractivity contribution is 0.0200. The molecular weight excluding hydrogens is 400 g/mol. The average molecular weight is 418 g/mol. The molecule has 1 saturated heterocycles. The SMILES string of the molecule is Cl.FC1(F)CNC(c2nc(-c3cccc(Cn4cnc5ccccc54)c3)no2)C1. The molecule has 9 heteroatoms. The van der Waals surface area contributed by atoms with Gasteiger partial charge in [0.1, 0.15) is 0 Å². The topological polar surface area (TPSA) is 68.8 Å². The van der Waals surface area contributed by atoms with Gasteiger partial charge in [-0.3, -0.25) is 5.32 Å². The Kier molecular flexibility index (Phi) is 5.06. The number of nitrogens with zero attached hydrogens (tertiary/aromatic N) is 4. The minimum absolute atomic E-state index is 0. The van der Waals surface area contributed by atoms with Gasteiger partial charge in [-0.05, 0) is 23.8 Å². The molecule has 0 saturated carbocycles. The number of aromatic nitrogens is 4. The van der Waals surface area contributed by atoms with Crippen molar-refractivity contribution in [1.82, 2.24) is 25.0 Å². The fraction of sp³-hybridized carbons (Fsp3) is 0.250. The Labute approximate surface area is 171 Å². The number of hydrogen-bond donors (Lipinski definition) is 1. The molecule has 1 N–H and O–H groups in total. The molecule has 1 fully saturated rings. The van der Waals surface area contributed by atoms with Crippen LogP contribution in [0, 0.1) is 0 Å². The highest BCUT2D eigenvalue weighted by atomic mass is 35.5. The highest BCUT2D eigenvalue weighted by Crippen LogP contribution is 2.33. The molecule has 150 valence electrons. The number of imidazole rings is 1. The van der Waals surface area contributed by atoms with E-state index in [1.807, 2.05) is 54.9 Å². The second-order valence-electron chi connectivity index (χ2n) is 7.01. The van der Waals surface area contributed by atoms with E-state index in [4.69, 9.17) is 4.52 Å². The molecule has 1 atom stereocenters. The zero-order valence-electron chi connectivity index (χ0n) is 15.3. The fourth-order valence-electron chi connectivity index (χ4n) is 3.53. The number of hydrogen-bond acceptors (Lipinski definition) is 5. The highest BCUT2D eigenvalue weighted by Gasteiger charge is 2.42. The van der Waals surface area contributed by atoms with Gasteiger partial charge in [-0.25, -0.2) is 13.8 Å². The van der Waals surface area contributed by atoms with Gasteiger partial charge >= 0.3 is 0 Å². The lowest BCUT2D eigenvalue weighted by atomic mass is 10.1. The summed E-state index contributed by atoms with van der Waals surface area (Å²) in [6, 6.07) is 15.1. The van der Waals surface area contributed by atoms with Crippen molar-refractivity contribution in [2.75, 3.05) is 6.54 Å². The number of fused-ring (bicyclic) bond motifs is 1. The first-order valence-corrected chi connectivity index (χ1v) is 9.01. The van der Waals surface area contributed by atoms with E-state index in [9.17, 15) is 8.78 Å². The van der Waals surface area contributed by atoms with Crippen LogP contribution in [0.4, 0.5) is 8.78 Å². The van der Waals surface area contributed by atoms with Gasteiger partial charge in [0.15, 0.2) is 0 Å². The molecule has 0 radical (unpaired) electrons. The Morgan fingerprint density at radius 2 is 2.03 bits per heavy atom. The standard InChI is InChI=1S/C20H17F2N5O.ClH/c21-20(22)9-16(23-11-20)19-25-18(26-28-19)14-5-3-4-13(8-14)10-27-12-24-15-6-1-2-7-17(15)27;/h1-8,12,16,23H,9-11H2;1H.